The van der Waals surface area contributed by atoms with Gasteiger partial charge in [0.05, 0.1) is 0 Å². The number of halogens is 1. The van der Waals surface area contributed by atoms with E-state index in [0.29, 0.717) is 31.9 Å². The van der Waals surface area contributed by atoms with Crippen molar-refractivity contribution < 1.29 is 14.0 Å². The van der Waals surface area contributed by atoms with E-state index in [-0.39, 0.29) is 29.5 Å². The van der Waals surface area contributed by atoms with Crippen LogP contribution in [0.25, 0.3) is 0 Å². The van der Waals surface area contributed by atoms with E-state index in [9.17, 15) is 14.0 Å². The monoisotopic (exact) mass is 397 g/mol. The molecule has 3 rings (SSSR count). The van der Waals surface area contributed by atoms with Crippen LogP contribution in [-0.4, -0.2) is 42.9 Å². The maximum absolute atomic E-state index is 13.1. The molecule has 1 aliphatic heterocycles. The average Bonchev–Trinajstić information content (AvgIpc) is 2.68. The van der Waals surface area contributed by atoms with E-state index in [0.717, 1.165) is 5.69 Å². The molecule has 0 aliphatic carbocycles. The van der Waals surface area contributed by atoms with Gasteiger partial charge in [-0.15, -0.1) is 0 Å². The van der Waals surface area contributed by atoms with Gasteiger partial charge in [0.25, 0.3) is 0 Å². The highest BCUT2D eigenvalue weighted by atomic mass is 19.1. The fourth-order valence-corrected chi connectivity index (χ4v) is 3.37. The summed E-state index contributed by atoms with van der Waals surface area (Å²) in [5, 5.41) is 2.80. The summed E-state index contributed by atoms with van der Waals surface area (Å²) in [5.41, 5.74) is 2.87. The maximum Gasteiger partial charge on any atom is 0.233 e. The van der Waals surface area contributed by atoms with Crippen LogP contribution in [0.15, 0.2) is 48.5 Å². The minimum absolute atomic E-state index is 0.0502. The van der Waals surface area contributed by atoms with Crippen LogP contribution in [0.3, 0.4) is 0 Å². The van der Waals surface area contributed by atoms with Gasteiger partial charge < -0.3 is 15.1 Å². The standard InChI is InChI=1S/C23H28FN3O2/c1-23(2,3)17-4-8-19(9-5-17)25-21(28)16-22(29)27-14-12-26(13-15-27)20-10-6-18(24)7-11-20/h4-11H,12-16H2,1-3H3,(H,25,28). The van der Waals surface area contributed by atoms with Gasteiger partial charge >= 0.3 is 0 Å². The van der Waals surface area contributed by atoms with E-state index >= 15 is 0 Å². The number of piperazine rings is 1. The Kier molecular flexibility index (Phi) is 6.20. The van der Waals surface area contributed by atoms with Crippen LogP contribution in [0.5, 0.6) is 0 Å². The van der Waals surface area contributed by atoms with E-state index in [1.165, 1.54) is 17.7 Å². The predicted octanol–water partition coefficient (Wildman–Crippen LogP) is 3.80. The Morgan fingerprint density at radius 1 is 0.931 bits per heavy atom. The van der Waals surface area contributed by atoms with Crippen LogP contribution in [0.4, 0.5) is 15.8 Å². The van der Waals surface area contributed by atoms with Crippen molar-refractivity contribution in [2.24, 2.45) is 0 Å². The second-order valence-corrected chi connectivity index (χ2v) is 8.40. The maximum atomic E-state index is 13.1. The van der Waals surface area contributed by atoms with Crippen molar-refractivity contribution in [3.8, 4) is 0 Å². The molecule has 5 nitrogen and oxygen atoms in total. The number of hydrogen-bond donors (Lipinski definition) is 1. The van der Waals surface area contributed by atoms with Crippen molar-refractivity contribution in [2.75, 3.05) is 36.4 Å². The number of amides is 2. The van der Waals surface area contributed by atoms with Crippen molar-refractivity contribution >= 4 is 23.2 Å². The molecule has 1 heterocycles. The Balaban J connectivity index is 1.48. The second kappa shape index (κ2) is 8.64. The molecule has 2 amide bonds. The summed E-state index contributed by atoms with van der Waals surface area (Å²) >= 11 is 0. The van der Waals surface area contributed by atoms with E-state index in [2.05, 4.69) is 31.0 Å². The highest BCUT2D eigenvalue weighted by Crippen LogP contribution is 2.23. The number of carbonyl (C=O) groups excluding carboxylic acids is 2. The number of benzene rings is 2. The third-order valence-corrected chi connectivity index (χ3v) is 5.17. The van der Waals surface area contributed by atoms with Crippen molar-refractivity contribution in [3.63, 3.8) is 0 Å². The van der Waals surface area contributed by atoms with Crippen LogP contribution >= 0.6 is 0 Å². The molecule has 0 bridgehead atoms. The van der Waals surface area contributed by atoms with Crippen LogP contribution in [-0.2, 0) is 15.0 Å². The van der Waals surface area contributed by atoms with E-state index in [1.54, 1.807) is 17.0 Å². The summed E-state index contributed by atoms with van der Waals surface area (Å²) in [6.07, 6.45) is -0.169. The lowest BCUT2D eigenvalue weighted by atomic mass is 9.87. The lowest BCUT2D eigenvalue weighted by Crippen LogP contribution is -2.49. The first-order valence-corrected chi connectivity index (χ1v) is 9.91. The van der Waals surface area contributed by atoms with Crippen molar-refractivity contribution in [1.29, 1.82) is 0 Å². The summed E-state index contributed by atoms with van der Waals surface area (Å²) in [6, 6.07) is 14.1. The first-order valence-electron chi connectivity index (χ1n) is 9.91. The average molecular weight is 397 g/mol. The molecule has 2 aromatic rings. The molecule has 154 valence electrons. The third kappa shape index (κ3) is 5.56. The molecule has 0 atom stereocenters. The van der Waals surface area contributed by atoms with Gasteiger partial charge in [0.1, 0.15) is 12.2 Å². The van der Waals surface area contributed by atoms with Gasteiger partial charge in [0.15, 0.2) is 0 Å². The van der Waals surface area contributed by atoms with Gasteiger partial charge in [0, 0.05) is 37.6 Å². The first kappa shape index (κ1) is 20.8. The molecule has 0 radical (unpaired) electrons. The lowest BCUT2D eigenvalue weighted by molar-refractivity contribution is -0.134. The Morgan fingerprint density at radius 2 is 1.52 bits per heavy atom. The Bertz CT molecular complexity index is 849. The van der Waals surface area contributed by atoms with Crippen LogP contribution in [0, 0.1) is 5.82 Å². The summed E-state index contributed by atoms with van der Waals surface area (Å²) in [7, 11) is 0. The fourth-order valence-electron chi connectivity index (χ4n) is 3.37. The van der Waals surface area contributed by atoms with E-state index in [4.69, 9.17) is 0 Å². The predicted molar refractivity (Wildman–Crippen MR) is 114 cm³/mol. The molecule has 1 aliphatic rings. The Hall–Kier alpha value is -2.89. The number of hydrogen-bond acceptors (Lipinski definition) is 3. The normalized spacial score (nSPS) is 14.6. The fraction of sp³-hybridized carbons (Fsp3) is 0.391. The zero-order valence-electron chi connectivity index (χ0n) is 17.2. The van der Waals surface area contributed by atoms with Gasteiger partial charge in [-0.1, -0.05) is 32.9 Å². The quantitative estimate of drug-likeness (QED) is 0.799. The van der Waals surface area contributed by atoms with Crippen LogP contribution in [0.2, 0.25) is 0 Å². The molecular weight excluding hydrogens is 369 g/mol. The van der Waals surface area contributed by atoms with E-state index in [1.807, 2.05) is 24.3 Å². The minimum atomic E-state index is -0.306. The zero-order valence-corrected chi connectivity index (χ0v) is 17.2. The highest BCUT2D eigenvalue weighted by molar-refractivity contribution is 6.03. The summed E-state index contributed by atoms with van der Waals surface area (Å²) < 4.78 is 13.1. The number of nitrogens with zero attached hydrogens (tertiary/aromatic N) is 2. The molecule has 29 heavy (non-hydrogen) atoms. The highest BCUT2D eigenvalue weighted by Gasteiger charge is 2.23. The molecule has 2 aromatic carbocycles. The van der Waals surface area contributed by atoms with Crippen LogP contribution in [0.1, 0.15) is 32.8 Å². The van der Waals surface area contributed by atoms with Crippen molar-refractivity contribution in [3.05, 3.63) is 59.9 Å². The largest absolute Gasteiger partial charge is 0.368 e. The molecular formula is C23H28FN3O2. The van der Waals surface area contributed by atoms with Gasteiger partial charge in [-0.05, 0) is 47.4 Å². The number of rotatable bonds is 4. The smallest absolute Gasteiger partial charge is 0.233 e. The SMILES string of the molecule is CC(C)(C)c1ccc(NC(=O)CC(=O)N2CCN(c3ccc(F)cc3)CC2)cc1. The molecule has 1 N–H and O–H groups in total. The van der Waals surface area contributed by atoms with E-state index < -0.39 is 0 Å². The Labute approximate surface area is 171 Å². The number of carbonyl (C=O) groups is 2. The van der Waals surface area contributed by atoms with Crippen molar-refractivity contribution in [2.45, 2.75) is 32.6 Å². The zero-order chi connectivity index (χ0) is 21.0. The molecule has 6 heteroatoms. The molecule has 0 aromatic heterocycles. The molecule has 0 saturated carbocycles. The topological polar surface area (TPSA) is 52.7 Å². The molecule has 0 unspecified atom stereocenters. The van der Waals surface area contributed by atoms with Crippen molar-refractivity contribution in [1.82, 2.24) is 4.90 Å². The Morgan fingerprint density at radius 3 is 2.07 bits per heavy atom. The lowest BCUT2D eigenvalue weighted by Gasteiger charge is -2.36. The van der Waals surface area contributed by atoms with Gasteiger partial charge in [0.2, 0.25) is 11.8 Å². The second-order valence-electron chi connectivity index (χ2n) is 8.40. The third-order valence-electron chi connectivity index (χ3n) is 5.17. The molecule has 0 spiro atoms. The molecule has 1 saturated heterocycles. The minimum Gasteiger partial charge on any atom is -0.368 e. The van der Waals surface area contributed by atoms with Gasteiger partial charge in [-0.25, -0.2) is 4.39 Å². The first-order chi connectivity index (χ1) is 13.7. The molecule has 1 fully saturated rings. The van der Waals surface area contributed by atoms with Crippen LogP contribution < -0.4 is 10.2 Å². The number of nitrogens with one attached hydrogen (secondary N) is 1. The summed E-state index contributed by atoms with van der Waals surface area (Å²) in [5.74, 6) is -0.742. The van der Waals surface area contributed by atoms with Gasteiger partial charge in [-0.2, -0.15) is 0 Å². The van der Waals surface area contributed by atoms with Gasteiger partial charge in [-0.3, -0.25) is 9.59 Å². The summed E-state index contributed by atoms with van der Waals surface area (Å²) in [4.78, 5) is 28.6. The summed E-state index contributed by atoms with van der Waals surface area (Å²) in [6.45, 7) is 8.81. The number of anilines is 2.